The Balaban J connectivity index is 0.00000392. The third-order valence-electron chi connectivity index (χ3n) is 4.61. The SMILES string of the molecule is CN=C(NCCS(=O)(=O)c1ccccc1F)NCC(C)(C)N1CCOCC1.I. The lowest BCUT2D eigenvalue weighted by molar-refractivity contribution is -0.00833. The van der Waals surface area contributed by atoms with Crippen LogP contribution < -0.4 is 10.6 Å². The summed E-state index contributed by atoms with van der Waals surface area (Å²) >= 11 is 0. The maximum atomic E-state index is 13.7. The zero-order chi connectivity index (χ0) is 19.9. The molecule has 0 bridgehead atoms. The Labute approximate surface area is 184 Å². The van der Waals surface area contributed by atoms with Crippen LogP contribution >= 0.6 is 24.0 Å². The first-order valence-corrected chi connectivity index (χ1v) is 10.7. The lowest BCUT2D eigenvalue weighted by Gasteiger charge is -2.41. The van der Waals surface area contributed by atoms with E-state index in [9.17, 15) is 12.8 Å². The lowest BCUT2D eigenvalue weighted by Crippen LogP contribution is -2.56. The standard InChI is InChI=1S/C18H29FN4O3S.HI/c1-18(2,23-9-11-26-12-10-23)14-22-17(20-3)21-8-13-27(24,25)16-7-5-4-6-15(16)19;/h4-7H,8-14H2,1-3H3,(H2,20,21,22);1H. The van der Waals surface area contributed by atoms with Gasteiger partial charge in [-0.2, -0.15) is 0 Å². The molecule has 1 aliphatic heterocycles. The highest BCUT2D eigenvalue weighted by atomic mass is 127. The van der Waals surface area contributed by atoms with Gasteiger partial charge in [-0.05, 0) is 26.0 Å². The third-order valence-corrected chi connectivity index (χ3v) is 6.36. The molecule has 1 fully saturated rings. The molecule has 1 aromatic rings. The normalized spacial score (nSPS) is 16.4. The molecule has 1 saturated heterocycles. The topological polar surface area (TPSA) is 83.0 Å². The van der Waals surface area contributed by atoms with Crippen LogP contribution in [0.1, 0.15) is 13.8 Å². The molecule has 0 aliphatic carbocycles. The molecule has 0 amide bonds. The maximum absolute atomic E-state index is 13.7. The Hall–Kier alpha value is -0.980. The smallest absolute Gasteiger partial charge is 0.191 e. The van der Waals surface area contributed by atoms with Crippen molar-refractivity contribution < 1.29 is 17.5 Å². The lowest BCUT2D eigenvalue weighted by atomic mass is 10.0. The zero-order valence-corrected chi connectivity index (χ0v) is 19.7. The number of halogens is 2. The van der Waals surface area contributed by atoms with Crippen LogP contribution in [0.4, 0.5) is 4.39 Å². The van der Waals surface area contributed by atoms with Crippen molar-refractivity contribution >= 4 is 39.8 Å². The first-order chi connectivity index (χ1) is 12.8. The molecule has 10 heteroatoms. The second kappa shape index (κ2) is 11.3. The van der Waals surface area contributed by atoms with Gasteiger partial charge in [-0.1, -0.05) is 12.1 Å². The summed E-state index contributed by atoms with van der Waals surface area (Å²) in [7, 11) is -2.07. The van der Waals surface area contributed by atoms with E-state index in [4.69, 9.17) is 4.74 Å². The summed E-state index contributed by atoms with van der Waals surface area (Å²) in [5.41, 5.74) is -0.0966. The summed E-state index contributed by atoms with van der Waals surface area (Å²) in [5.74, 6) is -0.436. The molecule has 0 unspecified atom stereocenters. The molecule has 0 radical (unpaired) electrons. The van der Waals surface area contributed by atoms with Crippen LogP contribution in [0.15, 0.2) is 34.2 Å². The number of rotatable bonds is 7. The Morgan fingerprint density at radius 2 is 1.89 bits per heavy atom. The van der Waals surface area contributed by atoms with Crippen LogP contribution in [-0.2, 0) is 14.6 Å². The van der Waals surface area contributed by atoms with Crippen molar-refractivity contribution in [3.05, 3.63) is 30.1 Å². The van der Waals surface area contributed by atoms with Crippen LogP contribution in [-0.4, -0.2) is 77.0 Å². The van der Waals surface area contributed by atoms with E-state index in [1.807, 2.05) is 0 Å². The predicted octanol–water partition coefficient (Wildman–Crippen LogP) is 1.49. The summed E-state index contributed by atoms with van der Waals surface area (Å²) in [6, 6.07) is 5.41. The van der Waals surface area contributed by atoms with Crippen LogP contribution in [0.25, 0.3) is 0 Å². The summed E-state index contributed by atoms with van der Waals surface area (Å²) in [4.78, 5) is 6.20. The molecule has 1 aliphatic rings. The van der Waals surface area contributed by atoms with Crippen molar-refractivity contribution in [3.63, 3.8) is 0 Å². The number of morpholine rings is 1. The van der Waals surface area contributed by atoms with E-state index < -0.39 is 15.7 Å². The van der Waals surface area contributed by atoms with E-state index >= 15 is 0 Å². The highest BCUT2D eigenvalue weighted by Gasteiger charge is 2.28. The summed E-state index contributed by atoms with van der Waals surface area (Å²) in [5, 5.41) is 6.22. The fourth-order valence-electron chi connectivity index (χ4n) is 2.91. The average molecular weight is 528 g/mol. The quantitative estimate of drug-likeness (QED) is 0.317. The van der Waals surface area contributed by atoms with Crippen molar-refractivity contribution in [2.45, 2.75) is 24.3 Å². The maximum Gasteiger partial charge on any atom is 0.191 e. The van der Waals surface area contributed by atoms with Gasteiger partial charge in [-0.25, -0.2) is 12.8 Å². The van der Waals surface area contributed by atoms with Gasteiger partial charge < -0.3 is 15.4 Å². The van der Waals surface area contributed by atoms with E-state index in [2.05, 4.69) is 34.4 Å². The molecule has 1 aromatic carbocycles. The van der Waals surface area contributed by atoms with E-state index in [0.717, 1.165) is 32.4 Å². The van der Waals surface area contributed by atoms with Crippen LogP contribution in [0.2, 0.25) is 0 Å². The third kappa shape index (κ3) is 7.12. The van der Waals surface area contributed by atoms with E-state index in [-0.39, 0.29) is 46.7 Å². The molecule has 7 nitrogen and oxygen atoms in total. The van der Waals surface area contributed by atoms with Crippen molar-refractivity contribution in [2.75, 3.05) is 52.2 Å². The summed E-state index contributed by atoms with van der Waals surface area (Å²) in [6.07, 6.45) is 0. The van der Waals surface area contributed by atoms with E-state index in [1.165, 1.54) is 18.2 Å². The van der Waals surface area contributed by atoms with Crippen molar-refractivity contribution in [2.24, 2.45) is 4.99 Å². The van der Waals surface area contributed by atoms with Crippen molar-refractivity contribution in [1.29, 1.82) is 0 Å². The minimum absolute atomic E-state index is 0. The van der Waals surface area contributed by atoms with E-state index in [1.54, 1.807) is 7.05 Å². The largest absolute Gasteiger partial charge is 0.379 e. The fourth-order valence-corrected chi connectivity index (χ4v) is 4.15. The zero-order valence-electron chi connectivity index (χ0n) is 16.6. The molecule has 1 heterocycles. The number of hydrogen-bond donors (Lipinski definition) is 2. The number of aliphatic imine (C=N–C) groups is 1. The van der Waals surface area contributed by atoms with Gasteiger partial charge in [-0.3, -0.25) is 9.89 Å². The molecular weight excluding hydrogens is 498 g/mol. The number of ether oxygens (including phenoxy) is 1. The van der Waals surface area contributed by atoms with Gasteiger partial charge in [0.05, 0.1) is 19.0 Å². The Kier molecular flexibility index (Phi) is 10.1. The molecular formula is C18H30FIN4O3S. The minimum Gasteiger partial charge on any atom is -0.379 e. The molecule has 160 valence electrons. The van der Waals surface area contributed by atoms with Crippen molar-refractivity contribution in [1.82, 2.24) is 15.5 Å². The monoisotopic (exact) mass is 528 g/mol. The number of benzene rings is 1. The Morgan fingerprint density at radius 3 is 2.50 bits per heavy atom. The number of nitrogens with one attached hydrogen (secondary N) is 2. The molecule has 0 saturated carbocycles. The second-order valence-electron chi connectivity index (χ2n) is 7.01. The van der Waals surface area contributed by atoms with Gasteiger partial charge in [0.2, 0.25) is 0 Å². The number of nitrogens with zero attached hydrogens (tertiary/aromatic N) is 2. The van der Waals surface area contributed by atoms with Gasteiger partial charge in [-0.15, -0.1) is 24.0 Å². The molecule has 28 heavy (non-hydrogen) atoms. The number of hydrogen-bond acceptors (Lipinski definition) is 5. The number of sulfone groups is 1. The highest BCUT2D eigenvalue weighted by Crippen LogP contribution is 2.16. The van der Waals surface area contributed by atoms with Gasteiger partial charge in [0.15, 0.2) is 15.8 Å². The molecule has 2 rings (SSSR count). The van der Waals surface area contributed by atoms with E-state index in [0.29, 0.717) is 12.5 Å². The van der Waals surface area contributed by atoms with Gasteiger partial charge in [0.25, 0.3) is 0 Å². The van der Waals surface area contributed by atoms with Crippen LogP contribution in [0, 0.1) is 5.82 Å². The Bertz CT molecular complexity index is 753. The fraction of sp³-hybridized carbons (Fsp3) is 0.611. The average Bonchev–Trinajstić information content (AvgIpc) is 2.65. The molecule has 0 aromatic heterocycles. The van der Waals surface area contributed by atoms with Gasteiger partial charge in [0.1, 0.15) is 10.7 Å². The Morgan fingerprint density at radius 1 is 1.25 bits per heavy atom. The molecule has 0 spiro atoms. The van der Waals surface area contributed by atoms with Crippen LogP contribution in [0.5, 0.6) is 0 Å². The molecule has 0 atom stereocenters. The van der Waals surface area contributed by atoms with Gasteiger partial charge in [0, 0.05) is 38.8 Å². The first-order valence-electron chi connectivity index (χ1n) is 9.01. The minimum atomic E-state index is -3.70. The summed E-state index contributed by atoms with van der Waals surface area (Å²) in [6.45, 7) is 8.27. The van der Waals surface area contributed by atoms with Crippen molar-refractivity contribution in [3.8, 4) is 0 Å². The molecule has 2 N–H and O–H groups in total. The second-order valence-corrected chi connectivity index (χ2v) is 9.09. The van der Waals surface area contributed by atoms with Crippen LogP contribution in [0.3, 0.4) is 0 Å². The van der Waals surface area contributed by atoms with Gasteiger partial charge >= 0.3 is 0 Å². The first kappa shape index (κ1) is 25.1. The summed E-state index contributed by atoms with van der Waals surface area (Å²) < 4.78 is 43.7. The highest BCUT2D eigenvalue weighted by molar-refractivity contribution is 14.0. The number of guanidine groups is 1. The predicted molar refractivity (Wildman–Crippen MR) is 120 cm³/mol.